The van der Waals surface area contributed by atoms with Gasteiger partial charge in [-0.05, 0) is 55.7 Å². The highest BCUT2D eigenvalue weighted by Gasteiger charge is 2.29. The summed E-state index contributed by atoms with van der Waals surface area (Å²) >= 11 is 0. The van der Waals surface area contributed by atoms with Crippen LogP contribution in [0.4, 0.5) is 4.39 Å². The van der Waals surface area contributed by atoms with Gasteiger partial charge in [0, 0.05) is 36.5 Å². The van der Waals surface area contributed by atoms with E-state index >= 15 is 0 Å². The second-order valence-electron chi connectivity index (χ2n) is 6.53. The molecule has 0 aliphatic carbocycles. The molecule has 0 unspecified atom stereocenters. The smallest absolute Gasteiger partial charge is 0.227 e. The number of aryl methyl sites for hydroxylation is 1. The van der Waals surface area contributed by atoms with Gasteiger partial charge in [0.15, 0.2) is 5.78 Å². The Morgan fingerprint density at radius 2 is 1.96 bits per heavy atom. The van der Waals surface area contributed by atoms with Crippen molar-refractivity contribution >= 4 is 11.7 Å². The van der Waals surface area contributed by atoms with E-state index in [1.807, 2.05) is 19.1 Å². The molecule has 2 heterocycles. The predicted octanol–water partition coefficient (Wildman–Crippen LogP) is 3.19. The molecule has 1 aliphatic rings. The van der Waals surface area contributed by atoms with E-state index in [9.17, 15) is 14.0 Å². The molecule has 0 bridgehead atoms. The molecule has 2 aromatic rings. The molecule has 0 N–H and O–H groups in total. The van der Waals surface area contributed by atoms with Gasteiger partial charge in [0.25, 0.3) is 0 Å². The van der Waals surface area contributed by atoms with Crippen LogP contribution in [-0.2, 0) is 11.2 Å². The summed E-state index contributed by atoms with van der Waals surface area (Å²) < 4.78 is 13.0. The maximum Gasteiger partial charge on any atom is 0.227 e. The number of carbonyl (C=O) groups is 2. The summed E-state index contributed by atoms with van der Waals surface area (Å²) in [4.78, 5) is 31.1. The number of halogens is 1. The number of ketones is 1. The number of hydrogen-bond acceptors (Lipinski definition) is 3. The van der Waals surface area contributed by atoms with Gasteiger partial charge in [-0.25, -0.2) is 4.39 Å². The van der Waals surface area contributed by atoms with E-state index in [2.05, 4.69) is 4.98 Å². The molecule has 25 heavy (non-hydrogen) atoms. The van der Waals surface area contributed by atoms with E-state index in [0.717, 1.165) is 24.1 Å². The number of pyridine rings is 1. The monoisotopic (exact) mass is 340 g/mol. The molecule has 1 aromatic heterocycles. The fraction of sp³-hybridized carbons (Fsp3) is 0.350. The summed E-state index contributed by atoms with van der Waals surface area (Å²) in [6.07, 6.45) is 3.57. The molecule has 1 fully saturated rings. The molecule has 1 atom stereocenters. The Labute approximate surface area is 146 Å². The Bertz CT molecular complexity index is 756. The lowest BCUT2D eigenvalue weighted by Crippen LogP contribution is -2.43. The van der Waals surface area contributed by atoms with Crippen molar-refractivity contribution in [1.82, 2.24) is 9.88 Å². The van der Waals surface area contributed by atoms with E-state index in [1.54, 1.807) is 11.1 Å². The number of carbonyl (C=O) groups excluding carboxylic acids is 2. The van der Waals surface area contributed by atoms with Gasteiger partial charge < -0.3 is 4.90 Å². The fourth-order valence-corrected chi connectivity index (χ4v) is 3.16. The number of nitrogens with zero attached hydrogens (tertiary/aromatic N) is 2. The second-order valence-corrected chi connectivity index (χ2v) is 6.53. The van der Waals surface area contributed by atoms with Gasteiger partial charge in [-0.1, -0.05) is 6.07 Å². The van der Waals surface area contributed by atoms with Gasteiger partial charge in [-0.15, -0.1) is 0 Å². The van der Waals surface area contributed by atoms with Crippen molar-refractivity contribution in [3.05, 3.63) is 65.2 Å². The van der Waals surface area contributed by atoms with Crippen LogP contribution in [0.15, 0.2) is 42.6 Å². The van der Waals surface area contributed by atoms with Crippen LogP contribution < -0.4 is 0 Å². The minimum atomic E-state index is -0.358. The standard InChI is InChI=1S/C20H21FN2O2/c1-14-4-5-15(12-22-14)11-19(24)23-10-2-3-17(13-23)20(25)16-6-8-18(21)9-7-16/h4-9,12,17H,2-3,10-11,13H2,1H3/t17-/m1/s1. The van der Waals surface area contributed by atoms with E-state index in [4.69, 9.17) is 0 Å². The first-order valence-corrected chi connectivity index (χ1v) is 8.52. The molecule has 130 valence electrons. The number of amides is 1. The summed E-state index contributed by atoms with van der Waals surface area (Å²) in [5, 5.41) is 0. The summed E-state index contributed by atoms with van der Waals surface area (Å²) in [5.74, 6) is -0.584. The summed E-state index contributed by atoms with van der Waals surface area (Å²) in [7, 11) is 0. The first-order valence-electron chi connectivity index (χ1n) is 8.52. The fourth-order valence-electron chi connectivity index (χ4n) is 3.16. The average Bonchev–Trinajstić information content (AvgIpc) is 2.64. The van der Waals surface area contributed by atoms with E-state index in [0.29, 0.717) is 25.1 Å². The highest BCUT2D eigenvalue weighted by atomic mass is 19.1. The van der Waals surface area contributed by atoms with E-state index in [1.165, 1.54) is 24.3 Å². The minimum Gasteiger partial charge on any atom is -0.342 e. The summed E-state index contributed by atoms with van der Waals surface area (Å²) in [6.45, 7) is 3.00. The molecule has 1 aliphatic heterocycles. The molecular weight excluding hydrogens is 319 g/mol. The molecule has 5 heteroatoms. The van der Waals surface area contributed by atoms with Crippen molar-refractivity contribution in [3.8, 4) is 0 Å². The third-order valence-electron chi connectivity index (χ3n) is 4.60. The lowest BCUT2D eigenvalue weighted by atomic mass is 9.89. The molecule has 1 amide bonds. The third kappa shape index (κ3) is 4.29. The zero-order valence-electron chi connectivity index (χ0n) is 14.2. The maximum absolute atomic E-state index is 13.0. The van der Waals surface area contributed by atoms with Gasteiger partial charge in [-0.2, -0.15) is 0 Å². The zero-order chi connectivity index (χ0) is 17.8. The number of piperidine rings is 1. The number of aromatic nitrogens is 1. The van der Waals surface area contributed by atoms with Crippen molar-refractivity contribution in [2.75, 3.05) is 13.1 Å². The largest absolute Gasteiger partial charge is 0.342 e. The summed E-state index contributed by atoms with van der Waals surface area (Å²) in [6, 6.07) is 9.41. The number of hydrogen-bond donors (Lipinski definition) is 0. The molecular formula is C20H21FN2O2. The Hall–Kier alpha value is -2.56. The number of benzene rings is 1. The maximum atomic E-state index is 13.0. The first-order chi connectivity index (χ1) is 12.0. The zero-order valence-corrected chi connectivity index (χ0v) is 14.2. The van der Waals surface area contributed by atoms with Crippen LogP contribution in [0.2, 0.25) is 0 Å². The van der Waals surface area contributed by atoms with Gasteiger partial charge in [0.05, 0.1) is 6.42 Å². The number of Topliss-reactive ketones (excluding diaryl/α,β-unsaturated/α-hetero) is 1. The highest BCUT2D eigenvalue weighted by molar-refractivity contribution is 5.98. The Kier molecular flexibility index (Phi) is 5.22. The molecule has 0 radical (unpaired) electrons. The van der Waals surface area contributed by atoms with Crippen molar-refractivity contribution in [1.29, 1.82) is 0 Å². The van der Waals surface area contributed by atoms with Crippen molar-refractivity contribution < 1.29 is 14.0 Å². The van der Waals surface area contributed by atoms with Gasteiger partial charge >= 0.3 is 0 Å². The van der Waals surface area contributed by atoms with Crippen LogP contribution >= 0.6 is 0 Å². The minimum absolute atomic E-state index is 0.0160. The topological polar surface area (TPSA) is 50.3 Å². The third-order valence-corrected chi connectivity index (χ3v) is 4.60. The molecule has 0 saturated carbocycles. The Balaban J connectivity index is 1.63. The Morgan fingerprint density at radius 1 is 1.20 bits per heavy atom. The Morgan fingerprint density at radius 3 is 2.64 bits per heavy atom. The number of rotatable bonds is 4. The van der Waals surface area contributed by atoms with Gasteiger partial charge in [-0.3, -0.25) is 14.6 Å². The highest BCUT2D eigenvalue weighted by Crippen LogP contribution is 2.22. The first kappa shape index (κ1) is 17.3. The van der Waals surface area contributed by atoms with Crippen LogP contribution in [0.25, 0.3) is 0 Å². The van der Waals surface area contributed by atoms with Crippen molar-refractivity contribution in [3.63, 3.8) is 0 Å². The van der Waals surface area contributed by atoms with Crippen LogP contribution in [0.1, 0.15) is 34.5 Å². The quantitative estimate of drug-likeness (QED) is 0.803. The normalized spacial score (nSPS) is 17.4. The molecule has 4 nitrogen and oxygen atoms in total. The van der Waals surface area contributed by atoms with Gasteiger partial charge in [0.1, 0.15) is 5.82 Å². The van der Waals surface area contributed by atoms with Crippen LogP contribution in [-0.4, -0.2) is 34.7 Å². The predicted molar refractivity (Wildman–Crippen MR) is 92.7 cm³/mol. The molecule has 3 rings (SSSR count). The molecule has 0 spiro atoms. The average molecular weight is 340 g/mol. The van der Waals surface area contributed by atoms with E-state index < -0.39 is 0 Å². The second kappa shape index (κ2) is 7.55. The molecule has 1 saturated heterocycles. The molecule has 1 aromatic carbocycles. The number of likely N-dealkylation sites (tertiary alicyclic amines) is 1. The summed E-state index contributed by atoms with van der Waals surface area (Å²) in [5.41, 5.74) is 2.30. The lowest BCUT2D eigenvalue weighted by Gasteiger charge is -2.32. The van der Waals surface area contributed by atoms with Crippen molar-refractivity contribution in [2.24, 2.45) is 5.92 Å². The van der Waals surface area contributed by atoms with Crippen LogP contribution in [0, 0.1) is 18.7 Å². The SMILES string of the molecule is Cc1ccc(CC(=O)N2CCC[C@@H](C(=O)c3ccc(F)cc3)C2)cn1. The van der Waals surface area contributed by atoms with Crippen LogP contribution in [0.3, 0.4) is 0 Å². The van der Waals surface area contributed by atoms with Crippen molar-refractivity contribution in [2.45, 2.75) is 26.2 Å². The lowest BCUT2D eigenvalue weighted by molar-refractivity contribution is -0.131. The van der Waals surface area contributed by atoms with E-state index in [-0.39, 0.29) is 23.4 Å². The van der Waals surface area contributed by atoms with Crippen LogP contribution in [0.5, 0.6) is 0 Å². The van der Waals surface area contributed by atoms with Gasteiger partial charge in [0.2, 0.25) is 5.91 Å².